The number of aliphatic hydroxyl groups is 1. The van der Waals surface area contributed by atoms with Crippen molar-refractivity contribution >= 4 is 11.8 Å². The summed E-state index contributed by atoms with van der Waals surface area (Å²) in [6.45, 7) is 4.05. The van der Waals surface area contributed by atoms with Gasteiger partial charge in [-0.15, -0.1) is 5.10 Å². The van der Waals surface area contributed by atoms with Gasteiger partial charge in [-0.3, -0.25) is 4.57 Å². The van der Waals surface area contributed by atoms with Crippen LogP contribution in [-0.4, -0.2) is 45.3 Å². The Morgan fingerprint density at radius 3 is 2.82 bits per heavy atom. The first-order valence-corrected chi connectivity index (χ1v) is 6.66. The topological polar surface area (TPSA) is 82.9 Å². The molecule has 0 saturated carbocycles. The monoisotopic (exact) mass is 260 g/mol. The zero-order valence-corrected chi connectivity index (χ0v) is 11.3. The second kappa shape index (κ2) is 6.83. The van der Waals surface area contributed by atoms with Crippen LogP contribution >= 0.6 is 11.8 Å². The summed E-state index contributed by atoms with van der Waals surface area (Å²) in [4.78, 5) is 11.5. The lowest BCUT2D eigenvalue weighted by atomic mass is 10.2. The number of hydrogen-bond donors (Lipinski definition) is 3. The molecule has 17 heavy (non-hydrogen) atoms. The summed E-state index contributed by atoms with van der Waals surface area (Å²) in [6.07, 6.45) is 0.694. The second-order valence-corrected chi connectivity index (χ2v) is 5.07. The Morgan fingerprint density at radius 1 is 1.59 bits per heavy atom. The highest BCUT2D eigenvalue weighted by molar-refractivity contribution is 7.99. The molecule has 0 amide bonds. The number of hydrogen-bond acceptors (Lipinski definition) is 5. The molecule has 0 aliphatic heterocycles. The van der Waals surface area contributed by atoms with E-state index in [-0.39, 0.29) is 24.4 Å². The van der Waals surface area contributed by atoms with Crippen LogP contribution in [-0.2, 0) is 0 Å². The summed E-state index contributed by atoms with van der Waals surface area (Å²) in [7, 11) is 1.86. The van der Waals surface area contributed by atoms with Crippen molar-refractivity contribution < 1.29 is 5.11 Å². The molecule has 1 aromatic rings. The lowest BCUT2D eigenvalue weighted by molar-refractivity contribution is 0.273. The van der Waals surface area contributed by atoms with Crippen molar-refractivity contribution in [1.29, 1.82) is 0 Å². The Kier molecular flexibility index (Phi) is 5.73. The summed E-state index contributed by atoms with van der Waals surface area (Å²) in [5, 5.41) is 19.2. The number of aromatic nitrogens is 3. The van der Waals surface area contributed by atoms with Gasteiger partial charge in [0, 0.05) is 24.4 Å². The predicted molar refractivity (Wildman–Crippen MR) is 68.5 cm³/mol. The van der Waals surface area contributed by atoms with Gasteiger partial charge in [0.1, 0.15) is 0 Å². The van der Waals surface area contributed by atoms with E-state index in [1.54, 1.807) is 4.57 Å². The number of aromatic amines is 1. The van der Waals surface area contributed by atoms with E-state index in [0.29, 0.717) is 11.6 Å². The summed E-state index contributed by atoms with van der Waals surface area (Å²) in [5.41, 5.74) is -0.175. The van der Waals surface area contributed by atoms with Gasteiger partial charge in [0.05, 0.1) is 0 Å². The number of nitrogens with one attached hydrogen (secondary N) is 2. The average molecular weight is 260 g/mol. The first-order valence-electron chi connectivity index (χ1n) is 5.68. The normalized spacial score (nSPS) is 13.2. The molecule has 0 aliphatic carbocycles. The zero-order chi connectivity index (χ0) is 12.8. The minimum atomic E-state index is -0.175. The molecule has 0 saturated heterocycles. The van der Waals surface area contributed by atoms with E-state index in [9.17, 15) is 4.79 Å². The molecule has 0 bridgehead atoms. The van der Waals surface area contributed by atoms with Crippen molar-refractivity contribution in [3.05, 3.63) is 10.5 Å². The average Bonchev–Trinajstić information content (AvgIpc) is 2.65. The first kappa shape index (κ1) is 14.3. The zero-order valence-electron chi connectivity index (χ0n) is 10.4. The van der Waals surface area contributed by atoms with Crippen molar-refractivity contribution in [2.75, 3.05) is 19.4 Å². The molecular formula is C10H20N4O2S. The summed E-state index contributed by atoms with van der Waals surface area (Å²) >= 11 is 1.52. The van der Waals surface area contributed by atoms with Crippen LogP contribution in [0.1, 0.15) is 26.3 Å². The fourth-order valence-electron chi connectivity index (χ4n) is 1.49. The highest BCUT2D eigenvalue weighted by Crippen LogP contribution is 2.18. The molecular weight excluding hydrogens is 240 g/mol. The fraction of sp³-hybridized carbons (Fsp3) is 0.800. The SMILES string of the molecule is CNC(CCO)CSc1n[nH]c(=O)n1C(C)C. The highest BCUT2D eigenvalue weighted by atomic mass is 32.2. The van der Waals surface area contributed by atoms with Gasteiger partial charge in [-0.1, -0.05) is 11.8 Å². The van der Waals surface area contributed by atoms with Crippen LogP contribution in [0.15, 0.2) is 9.95 Å². The Morgan fingerprint density at radius 2 is 2.29 bits per heavy atom. The molecule has 0 spiro atoms. The lowest BCUT2D eigenvalue weighted by Crippen LogP contribution is -2.29. The van der Waals surface area contributed by atoms with Gasteiger partial charge in [-0.05, 0) is 27.3 Å². The van der Waals surface area contributed by atoms with E-state index in [2.05, 4.69) is 15.5 Å². The molecule has 0 aliphatic rings. The van der Waals surface area contributed by atoms with Gasteiger partial charge in [0.25, 0.3) is 0 Å². The number of rotatable bonds is 7. The van der Waals surface area contributed by atoms with E-state index in [0.717, 1.165) is 5.75 Å². The van der Waals surface area contributed by atoms with E-state index in [1.165, 1.54) is 11.8 Å². The number of thioether (sulfide) groups is 1. The second-order valence-electron chi connectivity index (χ2n) is 4.08. The van der Waals surface area contributed by atoms with E-state index in [4.69, 9.17) is 5.11 Å². The lowest BCUT2D eigenvalue weighted by Gasteiger charge is -2.14. The predicted octanol–water partition coefficient (Wildman–Crippen LogP) is 0.215. The number of aliphatic hydroxyl groups excluding tert-OH is 1. The summed E-state index contributed by atoms with van der Waals surface area (Å²) in [5.74, 6) is 0.772. The molecule has 98 valence electrons. The van der Waals surface area contributed by atoms with E-state index >= 15 is 0 Å². The fourth-order valence-corrected chi connectivity index (χ4v) is 2.72. The summed E-state index contributed by atoms with van der Waals surface area (Å²) in [6, 6.07) is 0.312. The van der Waals surface area contributed by atoms with Gasteiger partial charge in [-0.2, -0.15) is 0 Å². The van der Waals surface area contributed by atoms with Gasteiger partial charge in [-0.25, -0.2) is 9.89 Å². The third-order valence-electron chi connectivity index (χ3n) is 2.49. The Bertz CT molecular complexity index is 388. The molecule has 1 aromatic heterocycles. The third kappa shape index (κ3) is 3.86. The van der Waals surface area contributed by atoms with E-state index in [1.807, 2.05) is 20.9 Å². The maximum atomic E-state index is 11.5. The molecule has 0 radical (unpaired) electrons. The molecule has 1 atom stereocenters. The number of nitrogens with zero attached hydrogens (tertiary/aromatic N) is 2. The minimum Gasteiger partial charge on any atom is -0.396 e. The van der Waals surface area contributed by atoms with Gasteiger partial charge in [0.15, 0.2) is 5.16 Å². The molecule has 0 aromatic carbocycles. The van der Waals surface area contributed by atoms with Crippen molar-refractivity contribution in [1.82, 2.24) is 20.1 Å². The summed E-state index contributed by atoms with van der Waals surface area (Å²) < 4.78 is 1.64. The quantitative estimate of drug-likeness (QED) is 0.611. The van der Waals surface area contributed by atoms with Gasteiger partial charge >= 0.3 is 5.69 Å². The Hall–Kier alpha value is -0.790. The maximum absolute atomic E-state index is 11.5. The molecule has 3 N–H and O–H groups in total. The first-order chi connectivity index (χ1) is 8.10. The van der Waals surface area contributed by atoms with Crippen LogP contribution in [0.5, 0.6) is 0 Å². The largest absolute Gasteiger partial charge is 0.396 e. The van der Waals surface area contributed by atoms with Crippen LogP contribution in [0.25, 0.3) is 0 Å². The van der Waals surface area contributed by atoms with Crippen molar-refractivity contribution in [3.8, 4) is 0 Å². The molecule has 1 heterocycles. The van der Waals surface area contributed by atoms with Gasteiger partial charge in [0.2, 0.25) is 0 Å². The van der Waals surface area contributed by atoms with Crippen LogP contribution in [0.2, 0.25) is 0 Å². The van der Waals surface area contributed by atoms with Gasteiger partial charge < -0.3 is 10.4 Å². The van der Waals surface area contributed by atoms with Crippen molar-refractivity contribution in [2.24, 2.45) is 0 Å². The van der Waals surface area contributed by atoms with Crippen molar-refractivity contribution in [2.45, 2.75) is 37.5 Å². The minimum absolute atomic E-state index is 0.0922. The smallest absolute Gasteiger partial charge is 0.344 e. The number of H-pyrrole nitrogens is 1. The molecule has 7 heteroatoms. The van der Waals surface area contributed by atoms with Crippen LogP contribution in [0, 0.1) is 0 Å². The van der Waals surface area contributed by atoms with Crippen molar-refractivity contribution in [3.63, 3.8) is 0 Å². The Labute approximate surface area is 105 Å². The maximum Gasteiger partial charge on any atom is 0.344 e. The molecule has 1 unspecified atom stereocenters. The third-order valence-corrected chi connectivity index (χ3v) is 3.60. The molecule has 6 nitrogen and oxygen atoms in total. The molecule has 0 fully saturated rings. The van der Waals surface area contributed by atoms with Crippen LogP contribution < -0.4 is 11.0 Å². The Balaban J connectivity index is 2.65. The highest BCUT2D eigenvalue weighted by Gasteiger charge is 2.14. The van der Waals surface area contributed by atoms with E-state index < -0.39 is 0 Å². The van der Waals surface area contributed by atoms with Crippen LogP contribution in [0.4, 0.5) is 0 Å². The molecule has 1 rings (SSSR count). The standard InChI is InChI=1S/C10H20N4O2S/c1-7(2)14-9(16)12-13-10(14)17-6-8(11-3)4-5-15/h7-8,11,15H,4-6H2,1-3H3,(H,12,16). The van der Waals surface area contributed by atoms with Crippen LogP contribution in [0.3, 0.4) is 0 Å².